The van der Waals surface area contributed by atoms with Crippen molar-refractivity contribution in [1.82, 2.24) is 10.6 Å². The van der Waals surface area contributed by atoms with Gasteiger partial charge in [-0.1, -0.05) is 13.3 Å². The summed E-state index contributed by atoms with van der Waals surface area (Å²) in [6.45, 7) is 2.00. The minimum atomic E-state index is -0.324. The van der Waals surface area contributed by atoms with Crippen molar-refractivity contribution in [1.29, 1.82) is 0 Å². The molecule has 0 aromatic carbocycles. The van der Waals surface area contributed by atoms with Gasteiger partial charge in [-0.15, -0.1) is 12.4 Å². The van der Waals surface area contributed by atoms with E-state index in [1.807, 2.05) is 6.92 Å². The summed E-state index contributed by atoms with van der Waals surface area (Å²) in [5, 5.41) is 4.89. The first-order chi connectivity index (χ1) is 7.11. The van der Waals surface area contributed by atoms with Crippen LogP contribution in [0.15, 0.2) is 0 Å². The standard InChI is InChI=1S/C10H16N2O3.ClH/c1-2-3-4-8(13)11-7-5-9(14)12-10(15)6-7;/h7H,2-6H2,1H3,(H,11,13)(H,12,14,15);1H. The lowest BCUT2D eigenvalue weighted by Gasteiger charge is -2.21. The van der Waals surface area contributed by atoms with Gasteiger partial charge >= 0.3 is 0 Å². The number of imide groups is 1. The van der Waals surface area contributed by atoms with Crippen LogP contribution in [-0.2, 0) is 14.4 Å². The summed E-state index contributed by atoms with van der Waals surface area (Å²) in [6, 6.07) is -0.324. The van der Waals surface area contributed by atoms with Crippen LogP contribution < -0.4 is 10.6 Å². The van der Waals surface area contributed by atoms with E-state index in [0.29, 0.717) is 6.42 Å². The topological polar surface area (TPSA) is 75.3 Å². The third kappa shape index (κ3) is 5.11. The number of carbonyl (C=O) groups is 3. The third-order valence-corrected chi connectivity index (χ3v) is 2.26. The van der Waals surface area contributed by atoms with Gasteiger partial charge in [0.15, 0.2) is 0 Å². The summed E-state index contributed by atoms with van der Waals surface area (Å²) in [5.41, 5.74) is 0. The Hall–Kier alpha value is -1.10. The van der Waals surface area contributed by atoms with Crippen LogP contribution in [0.4, 0.5) is 0 Å². The van der Waals surface area contributed by atoms with Gasteiger partial charge in [-0.3, -0.25) is 19.7 Å². The average Bonchev–Trinajstić information content (AvgIpc) is 2.13. The average molecular weight is 249 g/mol. The highest BCUT2D eigenvalue weighted by Crippen LogP contribution is 2.05. The maximum atomic E-state index is 11.3. The largest absolute Gasteiger partial charge is 0.352 e. The maximum absolute atomic E-state index is 11.3. The molecule has 0 unspecified atom stereocenters. The van der Waals surface area contributed by atoms with Crippen LogP contribution in [0.25, 0.3) is 0 Å². The monoisotopic (exact) mass is 248 g/mol. The van der Waals surface area contributed by atoms with Gasteiger partial charge in [0.2, 0.25) is 17.7 Å². The van der Waals surface area contributed by atoms with Gasteiger partial charge in [-0.25, -0.2) is 0 Å². The zero-order valence-corrected chi connectivity index (χ0v) is 10.1. The van der Waals surface area contributed by atoms with Gasteiger partial charge in [-0.05, 0) is 6.42 Å². The van der Waals surface area contributed by atoms with E-state index in [0.717, 1.165) is 12.8 Å². The summed E-state index contributed by atoms with van der Waals surface area (Å²) < 4.78 is 0. The van der Waals surface area contributed by atoms with Gasteiger partial charge in [0.25, 0.3) is 0 Å². The maximum Gasteiger partial charge on any atom is 0.228 e. The van der Waals surface area contributed by atoms with Crippen molar-refractivity contribution >= 4 is 30.1 Å². The Balaban J connectivity index is 0.00000225. The minimum absolute atomic E-state index is 0. The van der Waals surface area contributed by atoms with Gasteiger partial charge < -0.3 is 5.32 Å². The van der Waals surface area contributed by atoms with Crippen LogP contribution in [-0.4, -0.2) is 23.8 Å². The number of hydrogen-bond donors (Lipinski definition) is 2. The Morgan fingerprint density at radius 3 is 2.44 bits per heavy atom. The van der Waals surface area contributed by atoms with Crippen molar-refractivity contribution in [3.8, 4) is 0 Å². The quantitative estimate of drug-likeness (QED) is 0.713. The second kappa shape index (κ2) is 7.22. The molecule has 16 heavy (non-hydrogen) atoms. The molecule has 2 N–H and O–H groups in total. The molecule has 1 aliphatic heterocycles. The van der Waals surface area contributed by atoms with Crippen molar-refractivity contribution in [3.63, 3.8) is 0 Å². The second-order valence-corrected chi connectivity index (χ2v) is 3.75. The highest BCUT2D eigenvalue weighted by Gasteiger charge is 2.25. The Bertz CT molecular complexity index is 265. The highest BCUT2D eigenvalue weighted by molar-refractivity contribution is 5.98. The van der Waals surface area contributed by atoms with Crippen LogP contribution in [0.3, 0.4) is 0 Å². The number of halogens is 1. The number of hydrogen-bond acceptors (Lipinski definition) is 3. The molecule has 3 amide bonds. The van der Waals surface area contributed by atoms with Gasteiger partial charge in [0, 0.05) is 25.3 Å². The van der Waals surface area contributed by atoms with Crippen LogP contribution >= 0.6 is 12.4 Å². The lowest BCUT2D eigenvalue weighted by molar-refractivity contribution is -0.134. The van der Waals surface area contributed by atoms with Gasteiger partial charge in [-0.2, -0.15) is 0 Å². The van der Waals surface area contributed by atoms with Crippen LogP contribution in [0.2, 0.25) is 0 Å². The molecular weight excluding hydrogens is 232 g/mol. The molecule has 0 aromatic rings. The molecule has 6 heteroatoms. The molecule has 0 atom stereocenters. The lowest BCUT2D eigenvalue weighted by atomic mass is 10.1. The van der Waals surface area contributed by atoms with E-state index >= 15 is 0 Å². The first kappa shape index (κ1) is 14.9. The Labute approximate surface area is 101 Å². The van der Waals surface area contributed by atoms with Crippen LogP contribution in [0, 0.1) is 0 Å². The third-order valence-electron chi connectivity index (χ3n) is 2.26. The summed E-state index contributed by atoms with van der Waals surface area (Å²) in [4.78, 5) is 33.3. The molecule has 1 fully saturated rings. The summed E-state index contributed by atoms with van der Waals surface area (Å²) >= 11 is 0. The molecule has 1 saturated heterocycles. The zero-order valence-electron chi connectivity index (χ0n) is 9.25. The Morgan fingerprint density at radius 1 is 1.38 bits per heavy atom. The van der Waals surface area contributed by atoms with Crippen molar-refractivity contribution in [2.24, 2.45) is 0 Å². The summed E-state index contributed by atoms with van der Waals surface area (Å²) in [5.74, 6) is -0.705. The van der Waals surface area contributed by atoms with Crippen LogP contribution in [0.1, 0.15) is 39.0 Å². The SMILES string of the molecule is CCCCC(=O)NC1CC(=O)NC(=O)C1.Cl. The number of piperidine rings is 1. The van der Waals surface area contributed by atoms with E-state index in [1.54, 1.807) is 0 Å². The molecule has 1 heterocycles. The highest BCUT2D eigenvalue weighted by atomic mass is 35.5. The minimum Gasteiger partial charge on any atom is -0.352 e. The number of unbranched alkanes of at least 4 members (excludes halogenated alkanes) is 1. The van der Waals surface area contributed by atoms with Crippen molar-refractivity contribution in [2.75, 3.05) is 0 Å². The predicted molar refractivity (Wildman–Crippen MR) is 61.1 cm³/mol. The van der Waals surface area contributed by atoms with Gasteiger partial charge in [0.1, 0.15) is 0 Å². The van der Waals surface area contributed by atoms with E-state index in [4.69, 9.17) is 0 Å². The van der Waals surface area contributed by atoms with Crippen molar-refractivity contribution < 1.29 is 14.4 Å². The second-order valence-electron chi connectivity index (χ2n) is 3.75. The zero-order chi connectivity index (χ0) is 11.3. The molecule has 5 nitrogen and oxygen atoms in total. The number of amides is 3. The molecule has 1 rings (SSSR count). The smallest absolute Gasteiger partial charge is 0.228 e. The van der Waals surface area contributed by atoms with E-state index in [2.05, 4.69) is 10.6 Å². The van der Waals surface area contributed by atoms with E-state index in [9.17, 15) is 14.4 Å². The van der Waals surface area contributed by atoms with E-state index in [-0.39, 0.29) is 49.0 Å². The predicted octanol–water partition coefficient (Wildman–Crippen LogP) is 0.520. The van der Waals surface area contributed by atoms with Crippen molar-refractivity contribution in [2.45, 2.75) is 45.1 Å². The molecule has 0 radical (unpaired) electrons. The molecule has 0 spiro atoms. The molecule has 0 bridgehead atoms. The fourth-order valence-corrected chi connectivity index (χ4v) is 1.52. The van der Waals surface area contributed by atoms with E-state index in [1.165, 1.54) is 0 Å². The first-order valence-electron chi connectivity index (χ1n) is 5.24. The molecule has 92 valence electrons. The fraction of sp³-hybridized carbons (Fsp3) is 0.700. The molecule has 0 aliphatic carbocycles. The van der Waals surface area contributed by atoms with Gasteiger partial charge in [0.05, 0.1) is 0 Å². The number of carbonyl (C=O) groups excluding carboxylic acids is 3. The lowest BCUT2D eigenvalue weighted by Crippen LogP contribution is -2.48. The first-order valence-corrected chi connectivity index (χ1v) is 5.24. The molecule has 0 aromatic heterocycles. The van der Waals surface area contributed by atoms with Crippen LogP contribution in [0.5, 0.6) is 0 Å². The fourth-order valence-electron chi connectivity index (χ4n) is 1.52. The normalized spacial score (nSPS) is 16.3. The molecule has 1 aliphatic rings. The summed E-state index contributed by atoms with van der Waals surface area (Å²) in [6.07, 6.45) is 2.65. The summed E-state index contributed by atoms with van der Waals surface area (Å²) in [7, 11) is 0. The van der Waals surface area contributed by atoms with Crippen molar-refractivity contribution in [3.05, 3.63) is 0 Å². The molecular formula is C10H17ClN2O3. The number of nitrogens with one attached hydrogen (secondary N) is 2. The number of rotatable bonds is 4. The van der Waals surface area contributed by atoms with E-state index < -0.39 is 0 Å². The Kier molecular flexibility index (Phi) is 6.72. The Morgan fingerprint density at radius 2 is 1.94 bits per heavy atom. The molecule has 0 saturated carbocycles.